The third-order valence-electron chi connectivity index (χ3n) is 3.11. The Labute approximate surface area is 104 Å². The Balaban J connectivity index is 2.30. The Kier molecular flexibility index (Phi) is 2.20. The molecule has 0 bridgehead atoms. The van der Waals surface area contributed by atoms with Crippen molar-refractivity contribution in [1.82, 2.24) is 9.55 Å². The summed E-state index contributed by atoms with van der Waals surface area (Å²) in [7, 11) is 1.94. The fourth-order valence-electron chi connectivity index (χ4n) is 2.12. The molecule has 4 nitrogen and oxygen atoms in total. The van der Waals surface area contributed by atoms with Crippen molar-refractivity contribution in [2.45, 2.75) is 6.92 Å². The minimum absolute atomic E-state index is 0.640. The van der Waals surface area contributed by atoms with E-state index in [4.69, 9.17) is 9.68 Å². The van der Waals surface area contributed by atoms with Crippen molar-refractivity contribution in [2.24, 2.45) is 7.05 Å². The van der Waals surface area contributed by atoms with Gasteiger partial charge >= 0.3 is 0 Å². The molecule has 0 fully saturated rings. The van der Waals surface area contributed by atoms with Crippen LogP contribution in [0.5, 0.6) is 0 Å². The normalized spacial score (nSPS) is 10.7. The van der Waals surface area contributed by atoms with E-state index in [1.54, 1.807) is 12.3 Å². The SMILES string of the molecule is Cc1occc1-c1nc2ccc(C#N)cc2n1C. The highest BCUT2D eigenvalue weighted by atomic mass is 16.3. The van der Waals surface area contributed by atoms with E-state index in [1.165, 1.54) is 0 Å². The number of fused-ring (bicyclic) bond motifs is 1. The van der Waals surface area contributed by atoms with E-state index in [1.807, 2.05) is 36.7 Å². The summed E-state index contributed by atoms with van der Waals surface area (Å²) in [6, 6.07) is 9.54. The smallest absolute Gasteiger partial charge is 0.144 e. The Morgan fingerprint density at radius 2 is 2.17 bits per heavy atom. The van der Waals surface area contributed by atoms with Crippen LogP contribution in [0.2, 0.25) is 0 Å². The van der Waals surface area contributed by atoms with Crippen molar-refractivity contribution in [3.8, 4) is 17.5 Å². The van der Waals surface area contributed by atoms with Crippen LogP contribution >= 0.6 is 0 Å². The number of aryl methyl sites for hydroxylation is 2. The first-order chi connectivity index (χ1) is 8.70. The van der Waals surface area contributed by atoms with Gasteiger partial charge in [-0.25, -0.2) is 4.98 Å². The average molecular weight is 237 g/mol. The minimum atomic E-state index is 0.640. The first kappa shape index (κ1) is 10.6. The van der Waals surface area contributed by atoms with Crippen molar-refractivity contribution >= 4 is 11.0 Å². The Bertz CT molecular complexity index is 774. The first-order valence-electron chi connectivity index (χ1n) is 5.62. The van der Waals surface area contributed by atoms with Crippen molar-refractivity contribution in [3.63, 3.8) is 0 Å². The van der Waals surface area contributed by atoms with Gasteiger partial charge in [-0.05, 0) is 31.2 Å². The molecule has 18 heavy (non-hydrogen) atoms. The van der Waals surface area contributed by atoms with Crippen molar-refractivity contribution in [2.75, 3.05) is 0 Å². The fraction of sp³-hybridized carbons (Fsp3) is 0.143. The molecule has 0 saturated heterocycles. The first-order valence-corrected chi connectivity index (χ1v) is 5.62. The van der Waals surface area contributed by atoms with Crippen molar-refractivity contribution < 1.29 is 4.42 Å². The highest BCUT2D eigenvalue weighted by Crippen LogP contribution is 2.27. The zero-order valence-corrected chi connectivity index (χ0v) is 10.1. The molecule has 0 spiro atoms. The quantitative estimate of drug-likeness (QED) is 0.653. The van der Waals surface area contributed by atoms with Crippen LogP contribution in [0.1, 0.15) is 11.3 Å². The van der Waals surface area contributed by atoms with Gasteiger partial charge in [0.15, 0.2) is 0 Å². The summed E-state index contributed by atoms with van der Waals surface area (Å²) in [4.78, 5) is 4.58. The molecule has 0 atom stereocenters. The van der Waals surface area contributed by atoms with Gasteiger partial charge in [0.25, 0.3) is 0 Å². The van der Waals surface area contributed by atoms with E-state index >= 15 is 0 Å². The van der Waals surface area contributed by atoms with E-state index in [0.717, 1.165) is 28.2 Å². The molecule has 88 valence electrons. The lowest BCUT2D eigenvalue weighted by Gasteiger charge is -2.00. The maximum atomic E-state index is 8.93. The average Bonchev–Trinajstić information content (AvgIpc) is 2.93. The van der Waals surface area contributed by atoms with E-state index < -0.39 is 0 Å². The number of nitrogens with zero attached hydrogens (tertiary/aromatic N) is 3. The number of hydrogen-bond donors (Lipinski definition) is 0. The number of rotatable bonds is 1. The fourth-order valence-corrected chi connectivity index (χ4v) is 2.12. The summed E-state index contributed by atoms with van der Waals surface area (Å²) >= 11 is 0. The zero-order valence-electron chi connectivity index (χ0n) is 10.1. The molecule has 1 aromatic carbocycles. The summed E-state index contributed by atoms with van der Waals surface area (Å²) in [5, 5.41) is 8.93. The van der Waals surface area contributed by atoms with E-state index in [-0.39, 0.29) is 0 Å². The highest BCUT2D eigenvalue weighted by molar-refractivity contribution is 5.82. The molecular weight excluding hydrogens is 226 g/mol. The van der Waals surface area contributed by atoms with Crippen LogP contribution in [0, 0.1) is 18.3 Å². The number of aromatic nitrogens is 2. The van der Waals surface area contributed by atoms with Crippen molar-refractivity contribution in [1.29, 1.82) is 5.26 Å². The second-order valence-electron chi connectivity index (χ2n) is 4.20. The Morgan fingerprint density at radius 1 is 1.33 bits per heavy atom. The van der Waals surface area contributed by atoms with Gasteiger partial charge in [0, 0.05) is 7.05 Å². The monoisotopic (exact) mass is 237 g/mol. The van der Waals surface area contributed by atoms with Crippen LogP contribution in [-0.2, 0) is 7.05 Å². The molecule has 0 aliphatic rings. The third-order valence-corrected chi connectivity index (χ3v) is 3.11. The molecule has 3 aromatic rings. The van der Waals surface area contributed by atoms with E-state index in [0.29, 0.717) is 5.56 Å². The van der Waals surface area contributed by atoms with Gasteiger partial charge in [-0.2, -0.15) is 5.26 Å². The molecule has 2 heterocycles. The van der Waals surface area contributed by atoms with Gasteiger partial charge in [0.1, 0.15) is 11.6 Å². The summed E-state index contributed by atoms with van der Waals surface area (Å²) in [5.74, 6) is 1.69. The van der Waals surface area contributed by atoms with Crippen LogP contribution in [0.25, 0.3) is 22.4 Å². The van der Waals surface area contributed by atoms with Gasteiger partial charge in [0.2, 0.25) is 0 Å². The largest absolute Gasteiger partial charge is 0.469 e. The lowest BCUT2D eigenvalue weighted by molar-refractivity contribution is 0.535. The van der Waals surface area contributed by atoms with Gasteiger partial charge in [0.05, 0.1) is 34.5 Å². The summed E-state index contributed by atoms with van der Waals surface area (Å²) in [6.07, 6.45) is 1.66. The number of imidazole rings is 1. The molecular formula is C14H11N3O. The summed E-state index contributed by atoms with van der Waals surface area (Å²) < 4.78 is 7.29. The van der Waals surface area contributed by atoms with Crippen LogP contribution in [-0.4, -0.2) is 9.55 Å². The molecule has 0 amide bonds. The number of hydrogen-bond acceptors (Lipinski definition) is 3. The molecule has 0 radical (unpaired) electrons. The molecule has 0 N–H and O–H groups in total. The Morgan fingerprint density at radius 3 is 2.83 bits per heavy atom. The third kappa shape index (κ3) is 1.41. The van der Waals surface area contributed by atoms with Crippen LogP contribution in [0.15, 0.2) is 34.9 Å². The topological polar surface area (TPSA) is 54.8 Å². The summed E-state index contributed by atoms with van der Waals surface area (Å²) in [6.45, 7) is 1.91. The standard InChI is InChI=1S/C14H11N3O/c1-9-11(5-6-18-9)14-16-12-4-3-10(8-15)7-13(12)17(14)2/h3-7H,1-2H3. The van der Waals surface area contributed by atoms with Crippen LogP contribution < -0.4 is 0 Å². The van der Waals surface area contributed by atoms with Gasteiger partial charge in [-0.15, -0.1) is 0 Å². The van der Waals surface area contributed by atoms with Crippen LogP contribution in [0.3, 0.4) is 0 Å². The Hall–Kier alpha value is -2.54. The second-order valence-corrected chi connectivity index (χ2v) is 4.20. The molecule has 0 unspecified atom stereocenters. The predicted octanol–water partition coefficient (Wildman–Crippen LogP) is 3.01. The molecule has 2 aromatic heterocycles. The van der Waals surface area contributed by atoms with E-state index in [2.05, 4.69) is 11.1 Å². The highest BCUT2D eigenvalue weighted by Gasteiger charge is 2.13. The minimum Gasteiger partial charge on any atom is -0.469 e. The molecule has 0 aliphatic heterocycles. The zero-order chi connectivity index (χ0) is 12.7. The molecule has 0 aliphatic carbocycles. The maximum absolute atomic E-state index is 8.93. The molecule has 0 saturated carbocycles. The summed E-state index contributed by atoms with van der Waals surface area (Å²) in [5.41, 5.74) is 3.45. The maximum Gasteiger partial charge on any atom is 0.144 e. The number of furan rings is 1. The van der Waals surface area contributed by atoms with Gasteiger partial charge in [-0.1, -0.05) is 0 Å². The second kappa shape index (κ2) is 3.74. The molecule has 3 rings (SSSR count). The lowest BCUT2D eigenvalue weighted by Crippen LogP contribution is -1.92. The number of nitriles is 1. The lowest BCUT2D eigenvalue weighted by atomic mass is 10.2. The van der Waals surface area contributed by atoms with E-state index in [9.17, 15) is 0 Å². The van der Waals surface area contributed by atoms with Gasteiger partial charge in [-0.3, -0.25) is 0 Å². The van der Waals surface area contributed by atoms with Crippen molar-refractivity contribution in [3.05, 3.63) is 41.9 Å². The number of benzene rings is 1. The molecule has 4 heteroatoms. The van der Waals surface area contributed by atoms with Crippen LogP contribution in [0.4, 0.5) is 0 Å². The predicted molar refractivity (Wildman–Crippen MR) is 67.9 cm³/mol. The van der Waals surface area contributed by atoms with Gasteiger partial charge < -0.3 is 8.98 Å².